The number of thioether (sulfide) groups is 1. The Balaban J connectivity index is 2.66. The smallest absolute Gasteiger partial charge is 0.131 e. The molecule has 3 nitrogen and oxygen atoms in total. The molecule has 0 bridgehead atoms. The van der Waals surface area contributed by atoms with E-state index in [1.165, 1.54) is 0 Å². The van der Waals surface area contributed by atoms with Gasteiger partial charge in [0.15, 0.2) is 0 Å². The molecule has 1 rings (SSSR count). The van der Waals surface area contributed by atoms with E-state index in [0.29, 0.717) is 6.04 Å². The standard InChI is InChI=1S/C9H14BrN3S/c1-6(5-14-3)11-9-4-8(10)12-7(2)13-9/h4,6H,5H2,1-3H3,(H,11,12,13). The molecule has 1 atom stereocenters. The summed E-state index contributed by atoms with van der Waals surface area (Å²) in [6.45, 7) is 4.02. The summed E-state index contributed by atoms with van der Waals surface area (Å²) in [5, 5.41) is 3.32. The van der Waals surface area contributed by atoms with Gasteiger partial charge in [0.05, 0.1) is 0 Å². The Bertz CT molecular complexity index is 286. The van der Waals surface area contributed by atoms with Crippen LogP contribution in [-0.2, 0) is 0 Å². The van der Waals surface area contributed by atoms with Crippen molar-refractivity contribution in [2.75, 3.05) is 17.3 Å². The fraction of sp³-hybridized carbons (Fsp3) is 0.556. The second kappa shape index (κ2) is 5.56. The number of rotatable bonds is 4. The highest BCUT2D eigenvalue weighted by atomic mass is 79.9. The molecule has 1 aromatic heterocycles. The van der Waals surface area contributed by atoms with E-state index in [9.17, 15) is 0 Å². The van der Waals surface area contributed by atoms with Gasteiger partial charge >= 0.3 is 0 Å². The van der Waals surface area contributed by atoms with Crippen LogP contribution in [0.4, 0.5) is 5.82 Å². The molecule has 0 aliphatic rings. The molecule has 14 heavy (non-hydrogen) atoms. The number of anilines is 1. The van der Waals surface area contributed by atoms with Crippen LogP contribution in [0.2, 0.25) is 0 Å². The van der Waals surface area contributed by atoms with E-state index in [4.69, 9.17) is 0 Å². The van der Waals surface area contributed by atoms with Gasteiger partial charge in [0.2, 0.25) is 0 Å². The number of halogens is 1. The summed E-state index contributed by atoms with van der Waals surface area (Å²) >= 11 is 5.17. The van der Waals surface area contributed by atoms with Gasteiger partial charge < -0.3 is 5.32 Å². The normalized spacial score (nSPS) is 12.6. The molecule has 0 aliphatic heterocycles. The first-order chi connectivity index (χ1) is 6.61. The Kier molecular flexibility index (Phi) is 4.68. The fourth-order valence-corrected chi connectivity index (χ4v) is 2.21. The monoisotopic (exact) mass is 275 g/mol. The summed E-state index contributed by atoms with van der Waals surface area (Å²) in [6, 6.07) is 2.32. The van der Waals surface area contributed by atoms with Crippen LogP contribution in [0.1, 0.15) is 12.7 Å². The van der Waals surface area contributed by atoms with Gasteiger partial charge in [-0.1, -0.05) is 0 Å². The first-order valence-corrected chi connectivity index (χ1v) is 6.57. The topological polar surface area (TPSA) is 37.8 Å². The lowest BCUT2D eigenvalue weighted by Crippen LogP contribution is -2.18. The first-order valence-electron chi connectivity index (χ1n) is 4.38. The number of nitrogens with one attached hydrogen (secondary N) is 1. The van der Waals surface area contributed by atoms with Crippen molar-refractivity contribution < 1.29 is 0 Å². The third kappa shape index (κ3) is 3.84. The molecule has 0 fully saturated rings. The van der Waals surface area contributed by atoms with Gasteiger partial charge in [-0.15, -0.1) is 0 Å². The highest BCUT2D eigenvalue weighted by Gasteiger charge is 2.03. The highest BCUT2D eigenvalue weighted by molar-refractivity contribution is 9.10. The average Bonchev–Trinajstić information content (AvgIpc) is 2.01. The van der Waals surface area contributed by atoms with Crippen LogP contribution in [0.3, 0.4) is 0 Å². The number of nitrogens with zero attached hydrogens (tertiary/aromatic N) is 2. The molecule has 0 aliphatic carbocycles. The van der Waals surface area contributed by atoms with Crippen LogP contribution in [0.25, 0.3) is 0 Å². The Hall–Kier alpha value is -0.290. The van der Waals surface area contributed by atoms with Crippen molar-refractivity contribution in [3.8, 4) is 0 Å². The van der Waals surface area contributed by atoms with Gasteiger partial charge in [-0.2, -0.15) is 11.8 Å². The van der Waals surface area contributed by atoms with Crippen molar-refractivity contribution in [2.45, 2.75) is 19.9 Å². The zero-order chi connectivity index (χ0) is 10.6. The minimum atomic E-state index is 0.422. The second-order valence-electron chi connectivity index (χ2n) is 3.12. The Morgan fingerprint density at radius 1 is 1.57 bits per heavy atom. The van der Waals surface area contributed by atoms with Crippen LogP contribution in [-0.4, -0.2) is 28.0 Å². The van der Waals surface area contributed by atoms with Crippen LogP contribution in [0.15, 0.2) is 10.7 Å². The molecule has 0 radical (unpaired) electrons. The molecule has 1 heterocycles. The molecular formula is C9H14BrN3S. The second-order valence-corrected chi connectivity index (χ2v) is 4.85. The summed E-state index contributed by atoms with van der Waals surface area (Å²) in [6.07, 6.45) is 2.10. The lowest BCUT2D eigenvalue weighted by Gasteiger charge is -2.13. The van der Waals surface area contributed by atoms with Crippen LogP contribution >= 0.6 is 27.7 Å². The first kappa shape index (κ1) is 11.8. The van der Waals surface area contributed by atoms with E-state index in [0.717, 1.165) is 22.0 Å². The van der Waals surface area contributed by atoms with Crippen molar-refractivity contribution in [2.24, 2.45) is 0 Å². The van der Waals surface area contributed by atoms with Crippen LogP contribution < -0.4 is 5.32 Å². The van der Waals surface area contributed by atoms with E-state index in [1.54, 1.807) is 0 Å². The minimum absolute atomic E-state index is 0.422. The Labute approximate surface area is 97.2 Å². The summed E-state index contributed by atoms with van der Waals surface area (Å²) in [5.74, 6) is 2.73. The quantitative estimate of drug-likeness (QED) is 0.858. The zero-order valence-corrected chi connectivity index (χ0v) is 10.9. The minimum Gasteiger partial charge on any atom is -0.367 e. The average molecular weight is 276 g/mol. The lowest BCUT2D eigenvalue weighted by atomic mass is 10.4. The van der Waals surface area contributed by atoms with Crippen molar-refractivity contribution >= 4 is 33.5 Å². The third-order valence-electron chi connectivity index (χ3n) is 1.62. The molecule has 0 saturated heterocycles. The number of aryl methyl sites for hydroxylation is 1. The fourth-order valence-electron chi connectivity index (χ4n) is 1.15. The van der Waals surface area contributed by atoms with Gasteiger partial charge in [-0.05, 0) is 36.0 Å². The van der Waals surface area contributed by atoms with E-state index in [1.807, 2.05) is 24.8 Å². The van der Waals surface area contributed by atoms with Gasteiger partial charge in [0.1, 0.15) is 16.2 Å². The molecular weight excluding hydrogens is 262 g/mol. The van der Waals surface area contributed by atoms with Crippen LogP contribution in [0, 0.1) is 6.92 Å². The molecule has 5 heteroatoms. The third-order valence-corrected chi connectivity index (χ3v) is 2.86. The van der Waals surface area contributed by atoms with E-state index >= 15 is 0 Å². The molecule has 0 spiro atoms. The molecule has 1 aromatic rings. The molecule has 78 valence electrons. The Morgan fingerprint density at radius 3 is 2.86 bits per heavy atom. The van der Waals surface area contributed by atoms with E-state index < -0.39 is 0 Å². The maximum absolute atomic E-state index is 4.29. The van der Waals surface area contributed by atoms with E-state index in [2.05, 4.69) is 44.4 Å². The van der Waals surface area contributed by atoms with Crippen molar-refractivity contribution in [3.63, 3.8) is 0 Å². The van der Waals surface area contributed by atoms with Gasteiger partial charge in [0.25, 0.3) is 0 Å². The maximum atomic E-state index is 4.29. The summed E-state index contributed by atoms with van der Waals surface area (Å²) < 4.78 is 0.823. The summed E-state index contributed by atoms with van der Waals surface area (Å²) in [5.41, 5.74) is 0. The van der Waals surface area contributed by atoms with Crippen molar-refractivity contribution in [1.82, 2.24) is 9.97 Å². The predicted octanol–water partition coefficient (Wildman–Crippen LogP) is 2.71. The molecule has 0 saturated carbocycles. The zero-order valence-electron chi connectivity index (χ0n) is 8.54. The molecule has 1 N–H and O–H groups in total. The van der Waals surface area contributed by atoms with Crippen molar-refractivity contribution in [3.05, 3.63) is 16.5 Å². The number of hydrogen-bond acceptors (Lipinski definition) is 4. The summed E-state index contributed by atoms with van der Waals surface area (Å²) in [7, 11) is 0. The van der Waals surface area contributed by atoms with Gasteiger partial charge in [-0.3, -0.25) is 0 Å². The van der Waals surface area contributed by atoms with Gasteiger partial charge in [0, 0.05) is 17.9 Å². The number of aromatic nitrogens is 2. The predicted molar refractivity (Wildman–Crippen MR) is 65.9 cm³/mol. The Morgan fingerprint density at radius 2 is 2.29 bits per heavy atom. The van der Waals surface area contributed by atoms with Crippen LogP contribution in [0.5, 0.6) is 0 Å². The molecule has 1 unspecified atom stereocenters. The van der Waals surface area contributed by atoms with Gasteiger partial charge in [-0.25, -0.2) is 9.97 Å². The largest absolute Gasteiger partial charge is 0.367 e. The maximum Gasteiger partial charge on any atom is 0.131 e. The molecule has 0 amide bonds. The van der Waals surface area contributed by atoms with Crippen molar-refractivity contribution in [1.29, 1.82) is 0 Å². The molecule has 0 aromatic carbocycles. The lowest BCUT2D eigenvalue weighted by molar-refractivity contribution is 0.891. The number of hydrogen-bond donors (Lipinski definition) is 1. The summed E-state index contributed by atoms with van der Waals surface area (Å²) in [4.78, 5) is 8.44. The highest BCUT2D eigenvalue weighted by Crippen LogP contribution is 2.13. The van der Waals surface area contributed by atoms with E-state index in [-0.39, 0.29) is 0 Å². The SMILES string of the molecule is CSCC(C)Nc1cc(Br)nc(C)n1.